The zero-order valence-electron chi connectivity index (χ0n) is 18.4. The van der Waals surface area contributed by atoms with E-state index in [4.69, 9.17) is 4.74 Å². The third-order valence-electron chi connectivity index (χ3n) is 6.19. The number of likely N-dealkylation sites (tertiary alicyclic amines) is 1. The van der Waals surface area contributed by atoms with Crippen LogP contribution in [0.2, 0.25) is 0 Å². The summed E-state index contributed by atoms with van der Waals surface area (Å²) in [5.74, 6) is 0. The molecule has 0 radical (unpaired) electrons. The minimum absolute atomic E-state index is 0.0913. The van der Waals surface area contributed by atoms with Crippen molar-refractivity contribution in [1.82, 2.24) is 20.2 Å². The molecule has 1 saturated heterocycles. The molecule has 1 aromatic heterocycles. The van der Waals surface area contributed by atoms with Crippen LogP contribution in [0.15, 0.2) is 53.3 Å². The maximum Gasteiger partial charge on any atom is 0.270 e. The van der Waals surface area contributed by atoms with Gasteiger partial charge >= 0.3 is 0 Å². The summed E-state index contributed by atoms with van der Waals surface area (Å²) in [7, 11) is 1.74. The number of piperidine rings is 1. The number of methoxy groups -OCH3 is 1. The summed E-state index contributed by atoms with van der Waals surface area (Å²) in [6, 6.07) is 17.6. The Balaban J connectivity index is 1.61. The third-order valence-corrected chi connectivity index (χ3v) is 6.19. The van der Waals surface area contributed by atoms with Crippen LogP contribution < -0.4 is 10.9 Å². The first-order chi connectivity index (χ1) is 15.2. The normalized spacial score (nSPS) is 16.6. The van der Waals surface area contributed by atoms with E-state index in [1.54, 1.807) is 7.11 Å². The SMILES string of the molecule is CCc1nc2ccc(C(c3ccccc3)N3CCC(NCCOC)CC3)cc2[nH]c1=O. The lowest BCUT2D eigenvalue weighted by Gasteiger charge is -2.38. The number of H-pyrrole nitrogens is 1. The molecule has 6 nitrogen and oxygen atoms in total. The Labute approximate surface area is 183 Å². The van der Waals surface area contributed by atoms with E-state index < -0.39 is 0 Å². The van der Waals surface area contributed by atoms with Crippen molar-refractivity contribution in [1.29, 1.82) is 0 Å². The molecule has 0 amide bonds. The van der Waals surface area contributed by atoms with Crippen LogP contribution in [0.3, 0.4) is 0 Å². The second kappa shape index (κ2) is 10.2. The number of aryl methyl sites for hydroxylation is 1. The molecule has 0 saturated carbocycles. The van der Waals surface area contributed by atoms with E-state index >= 15 is 0 Å². The number of hydrogen-bond donors (Lipinski definition) is 2. The van der Waals surface area contributed by atoms with E-state index in [9.17, 15) is 4.79 Å². The first-order valence-electron chi connectivity index (χ1n) is 11.2. The van der Waals surface area contributed by atoms with Crippen molar-refractivity contribution >= 4 is 11.0 Å². The van der Waals surface area contributed by atoms with Crippen molar-refractivity contribution in [2.24, 2.45) is 0 Å². The average molecular weight is 421 g/mol. The number of aromatic nitrogens is 2. The number of ether oxygens (including phenoxy) is 1. The van der Waals surface area contributed by atoms with E-state index in [-0.39, 0.29) is 11.6 Å². The molecular formula is C25H32N4O2. The van der Waals surface area contributed by atoms with Gasteiger partial charge in [-0.2, -0.15) is 0 Å². The summed E-state index contributed by atoms with van der Waals surface area (Å²) in [5.41, 5.74) is 4.60. The van der Waals surface area contributed by atoms with Gasteiger partial charge in [0.2, 0.25) is 0 Å². The minimum atomic E-state index is -0.0913. The van der Waals surface area contributed by atoms with Crippen molar-refractivity contribution in [3.63, 3.8) is 0 Å². The van der Waals surface area contributed by atoms with Gasteiger partial charge < -0.3 is 15.0 Å². The summed E-state index contributed by atoms with van der Waals surface area (Å²) in [4.78, 5) is 22.5. The topological polar surface area (TPSA) is 70.2 Å². The second-order valence-corrected chi connectivity index (χ2v) is 8.21. The Morgan fingerprint density at radius 1 is 1.16 bits per heavy atom. The maximum atomic E-state index is 12.3. The molecule has 31 heavy (non-hydrogen) atoms. The number of benzene rings is 2. The zero-order chi connectivity index (χ0) is 21.6. The number of rotatable bonds is 8. The van der Waals surface area contributed by atoms with Gasteiger partial charge in [0.25, 0.3) is 5.56 Å². The van der Waals surface area contributed by atoms with Crippen LogP contribution >= 0.6 is 0 Å². The van der Waals surface area contributed by atoms with Crippen LogP contribution in [0.4, 0.5) is 0 Å². The molecular weight excluding hydrogens is 388 g/mol. The van der Waals surface area contributed by atoms with Gasteiger partial charge in [-0.25, -0.2) is 4.98 Å². The Hall–Kier alpha value is -2.54. The molecule has 1 fully saturated rings. The molecule has 1 aliphatic heterocycles. The highest BCUT2D eigenvalue weighted by Gasteiger charge is 2.27. The highest BCUT2D eigenvalue weighted by Crippen LogP contribution is 2.32. The van der Waals surface area contributed by atoms with Gasteiger partial charge in [-0.1, -0.05) is 43.3 Å². The van der Waals surface area contributed by atoms with Crippen molar-refractivity contribution in [2.75, 3.05) is 33.4 Å². The van der Waals surface area contributed by atoms with E-state index in [2.05, 4.69) is 62.6 Å². The van der Waals surface area contributed by atoms with Crippen molar-refractivity contribution in [3.05, 3.63) is 75.7 Å². The molecule has 3 aromatic rings. The molecule has 1 atom stereocenters. The van der Waals surface area contributed by atoms with E-state index in [0.717, 1.165) is 50.1 Å². The summed E-state index contributed by atoms with van der Waals surface area (Å²) in [6.07, 6.45) is 2.85. The molecule has 1 unspecified atom stereocenters. The molecule has 0 bridgehead atoms. The monoisotopic (exact) mass is 420 g/mol. The van der Waals surface area contributed by atoms with Gasteiger partial charge in [-0.15, -0.1) is 0 Å². The minimum Gasteiger partial charge on any atom is -0.383 e. The molecule has 2 aromatic carbocycles. The Bertz CT molecular complexity index is 1040. The highest BCUT2D eigenvalue weighted by atomic mass is 16.5. The smallest absolute Gasteiger partial charge is 0.270 e. The Morgan fingerprint density at radius 3 is 2.65 bits per heavy atom. The van der Waals surface area contributed by atoms with Crippen molar-refractivity contribution in [2.45, 2.75) is 38.3 Å². The van der Waals surface area contributed by atoms with Crippen LogP contribution in [0, 0.1) is 0 Å². The summed E-state index contributed by atoms with van der Waals surface area (Å²) in [6.45, 7) is 5.64. The largest absolute Gasteiger partial charge is 0.383 e. The number of nitrogens with zero attached hydrogens (tertiary/aromatic N) is 2. The molecule has 6 heteroatoms. The average Bonchev–Trinajstić information content (AvgIpc) is 2.80. The lowest BCUT2D eigenvalue weighted by Crippen LogP contribution is -2.44. The van der Waals surface area contributed by atoms with Crippen LogP contribution in [0.25, 0.3) is 11.0 Å². The second-order valence-electron chi connectivity index (χ2n) is 8.21. The van der Waals surface area contributed by atoms with E-state index in [1.807, 2.05) is 13.0 Å². The fourth-order valence-electron chi connectivity index (χ4n) is 4.53. The summed E-state index contributed by atoms with van der Waals surface area (Å²) < 4.78 is 5.16. The van der Waals surface area contributed by atoms with Gasteiger partial charge in [0.05, 0.1) is 23.7 Å². The van der Waals surface area contributed by atoms with E-state index in [1.165, 1.54) is 11.1 Å². The van der Waals surface area contributed by atoms with Crippen LogP contribution in [-0.2, 0) is 11.2 Å². The molecule has 4 rings (SSSR count). The van der Waals surface area contributed by atoms with Crippen molar-refractivity contribution in [3.8, 4) is 0 Å². The lowest BCUT2D eigenvalue weighted by atomic mass is 9.93. The highest BCUT2D eigenvalue weighted by molar-refractivity contribution is 5.75. The van der Waals surface area contributed by atoms with E-state index in [0.29, 0.717) is 18.2 Å². The maximum absolute atomic E-state index is 12.3. The molecule has 0 aliphatic carbocycles. The van der Waals surface area contributed by atoms with Gasteiger partial charge in [0, 0.05) is 32.8 Å². The quantitative estimate of drug-likeness (QED) is 0.548. The number of nitrogens with one attached hydrogen (secondary N) is 2. The zero-order valence-corrected chi connectivity index (χ0v) is 18.4. The van der Waals surface area contributed by atoms with Crippen LogP contribution in [0.5, 0.6) is 0 Å². The summed E-state index contributed by atoms with van der Waals surface area (Å²) in [5, 5.41) is 3.60. The first-order valence-corrected chi connectivity index (χ1v) is 11.2. The van der Waals surface area contributed by atoms with Crippen LogP contribution in [-0.4, -0.2) is 54.3 Å². The molecule has 2 heterocycles. The van der Waals surface area contributed by atoms with Gasteiger partial charge in [0.1, 0.15) is 5.69 Å². The molecule has 164 valence electrons. The Kier molecular flexibility index (Phi) is 7.12. The third kappa shape index (κ3) is 5.03. The number of hydrogen-bond acceptors (Lipinski definition) is 5. The fourth-order valence-corrected chi connectivity index (χ4v) is 4.53. The predicted octanol–water partition coefficient (Wildman–Crippen LogP) is 3.28. The molecule has 1 aliphatic rings. The molecule has 2 N–H and O–H groups in total. The van der Waals surface area contributed by atoms with Gasteiger partial charge in [-0.05, 0) is 42.5 Å². The predicted molar refractivity (Wildman–Crippen MR) is 125 cm³/mol. The summed E-state index contributed by atoms with van der Waals surface area (Å²) >= 11 is 0. The van der Waals surface area contributed by atoms with Crippen LogP contribution in [0.1, 0.15) is 42.6 Å². The Morgan fingerprint density at radius 2 is 1.94 bits per heavy atom. The number of aromatic amines is 1. The van der Waals surface area contributed by atoms with Crippen molar-refractivity contribution < 1.29 is 4.74 Å². The standard InChI is InChI=1S/C25H32N4O2/c1-3-21-25(30)28-23-17-19(9-10-22(23)27-21)24(18-7-5-4-6-8-18)29-14-11-20(12-15-29)26-13-16-31-2/h4-10,17,20,24,26H,3,11-16H2,1-2H3,(H,28,30). The fraction of sp³-hybridized carbons (Fsp3) is 0.440. The molecule has 0 spiro atoms. The number of fused-ring (bicyclic) bond motifs is 1. The van der Waals surface area contributed by atoms with Gasteiger partial charge in [-0.3, -0.25) is 9.69 Å². The van der Waals surface area contributed by atoms with Gasteiger partial charge in [0.15, 0.2) is 0 Å². The first kappa shape index (κ1) is 21.7. The lowest BCUT2D eigenvalue weighted by molar-refractivity contribution is 0.152.